The lowest BCUT2D eigenvalue weighted by Crippen LogP contribution is -2.36. The smallest absolute Gasteiger partial charge is 0.230 e. The fourth-order valence-electron chi connectivity index (χ4n) is 3.67. The van der Waals surface area contributed by atoms with Gasteiger partial charge >= 0.3 is 0 Å². The van der Waals surface area contributed by atoms with Gasteiger partial charge in [-0.3, -0.25) is 4.79 Å². The first kappa shape index (κ1) is 23.7. The number of nitrogens with one attached hydrogen (secondary N) is 1. The molecular formula is C24H26BrFN4O2S. The molecule has 0 spiro atoms. The molecule has 2 heterocycles. The second-order valence-corrected chi connectivity index (χ2v) is 9.02. The number of carbonyl (C=O) groups is 1. The first-order chi connectivity index (χ1) is 16.1. The van der Waals surface area contributed by atoms with E-state index in [9.17, 15) is 9.18 Å². The van der Waals surface area contributed by atoms with Crippen molar-refractivity contribution in [1.29, 1.82) is 0 Å². The van der Waals surface area contributed by atoms with Crippen molar-refractivity contribution in [2.75, 3.05) is 43.1 Å². The number of hydrogen-bond acceptors (Lipinski definition) is 5. The molecule has 1 aliphatic rings. The van der Waals surface area contributed by atoms with Gasteiger partial charge < -0.3 is 19.5 Å². The number of ether oxygens (including phenoxy) is 1. The zero-order valence-corrected chi connectivity index (χ0v) is 20.6. The quantitative estimate of drug-likeness (QED) is 0.347. The highest BCUT2D eigenvalue weighted by atomic mass is 79.9. The van der Waals surface area contributed by atoms with Crippen molar-refractivity contribution in [3.63, 3.8) is 0 Å². The molecule has 1 N–H and O–H groups in total. The fourth-order valence-corrected chi connectivity index (χ4v) is 4.82. The summed E-state index contributed by atoms with van der Waals surface area (Å²) in [5.74, 6) is -0.308. The van der Waals surface area contributed by atoms with Crippen molar-refractivity contribution in [3.8, 4) is 11.3 Å². The van der Waals surface area contributed by atoms with Crippen LogP contribution in [0.2, 0.25) is 0 Å². The Labute approximate surface area is 204 Å². The second kappa shape index (κ2) is 11.6. The minimum absolute atomic E-state index is 0.0273. The zero-order valence-electron chi connectivity index (χ0n) is 18.2. The summed E-state index contributed by atoms with van der Waals surface area (Å²) in [4.78, 5) is 19.4. The number of halogens is 2. The summed E-state index contributed by atoms with van der Waals surface area (Å²) in [7, 11) is 0. The Bertz CT molecular complexity index is 1120. The standard InChI is InChI=1S/C24H26BrFN4O2S/c25-16-23(31)27-10-1-11-30-22(17-33-24(30)28-20-6-4-19(26)5-7-20)18-2-8-21(9-3-18)29-12-14-32-15-13-29/h2-9,17H,1,10-16H2,(H,27,31). The number of amides is 1. The van der Waals surface area contributed by atoms with Gasteiger partial charge in [0.25, 0.3) is 0 Å². The highest BCUT2D eigenvalue weighted by Crippen LogP contribution is 2.25. The van der Waals surface area contributed by atoms with Crippen LogP contribution < -0.4 is 15.0 Å². The molecule has 2 aromatic carbocycles. The number of anilines is 1. The average Bonchev–Trinajstić information content (AvgIpc) is 3.26. The molecule has 174 valence electrons. The van der Waals surface area contributed by atoms with Crippen molar-refractivity contribution in [1.82, 2.24) is 9.88 Å². The third-order valence-corrected chi connectivity index (χ3v) is 6.76. The highest BCUT2D eigenvalue weighted by Gasteiger charge is 2.13. The van der Waals surface area contributed by atoms with E-state index in [1.165, 1.54) is 17.8 Å². The number of benzene rings is 2. The number of carbonyl (C=O) groups excluding carboxylic acids is 1. The van der Waals surface area contributed by atoms with Gasteiger partial charge in [-0.2, -0.15) is 0 Å². The molecule has 33 heavy (non-hydrogen) atoms. The summed E-state index contributed by atoms with van der Waals surface area (Å²) in [6.45, 7) is 4.60. The van der Waals surface area contributed by atoms with E-state index in [0.717, 1.165) is 48.8 Å². The summed E-state index contributed by atoms with van der Waals surface area (Å²) >= 11 is 4.72. The van der Waals surface area contributed by atoms with E-state index in [4.69, 9.17) is 9.73 Å². The molecule has 9 heteroatoms. The van der Waals surface area contributed by atoms with Crippen LogP contribution in [0.3, 0.4) is 0 Å². The normalized spacial score (nSPS) is 14.5. The Morgan fingerprint density at radius 2 is 1.85 bits per heavy atom. The summed E-state index contributed by atoms with van der Waals surface area (Å²) in [6.07, 6.45) is 0.769. The molecule has 1 fully saturated rings. The SMILES string of the molecule is O=C(CBr)NCCCn1c(-c2ccc(N3CCOCC3)cc2)csc1=Nc1ccc(F)cc1. The molecule has 1 saturated heterocycles. The van der Waals surface area contributed by atoms with Crippen LogP contribution in [0.5, 0.6) is 0 Å². The van der Waals surface area contributed by atoms with E-state index in [-0.39, 0.29) is 11.7 Å². The maximum Gasteiger partial charge on any atom is 0.230 e. The second-order valence-electron chi connectivity index (χ2n) is 7.63. The molecule has 0 unspecified atom stereocenters. The Morgan fingerprint density at radius 3 is 2.55 bits per heavy atom. The first-order valence-corrected chi connectivity index (χ1v) is 12.9. The van der Waals surface area contributed by atoms with Gasteiger partial charge in [0, 0.05) is 37.2 Å². The fraction of sp³-hybridized carbons (Fsp3) is 0.333. The number of hydrogen-bond donors (Lipinski definition) is 1. The molecule has 3 aromatic rings. The van der Waals surface area contributed by atoms with Gasteiger partial charge in [-0.05, 0) is 48.4 Å². The van der Waals surface area contributed by atoms with Crippen molar-refractivity contribution < 1.29 is 13.9 Å². The van der Waals surface area contributed by atoms with Gasteiger partial charge in [0.05, 0.1) is 29.9 Å². The number of aromatic nitrogens is 1. The van der Waals surface area contributed by atoms with E-state index in [0.29, 0.717) is 24.1 Å². The number of alkyl halides is 1. The van der Waals surface area contributed by atoms with E-state index >= 15 is 0 Å². The largest absolute Gasteiger partial charge is 0.378 e. The number of morpholine rings is 1. The topological polar surface area (TPSA) is 58.9 Å². The predicted octanol–water partition coefficient (Wildman–Crippen LogP) is 4.33. The molecule has 1 amide bonds. The van der Waals surface area contributed by atoms with Gasteiger partial charge in [0.1, 0.15) is 5.82 Å². The lowest BCUT2D eigenvalue weighted by atomic mass is 10.1. The van der Waals surface area contributed by atoms with Crippen LogP contribution in [-0.2, 0) is 16.1 Å². The molecule has 0 bridgehead atoms. The highest BCUT2D eigenvalue weighted by molar-refractivity contribution is 9.09. The predicted molar refractivity (Wildman–Crippen MR) is 134 cm³/mol. The number of rotatable bonds is 8. The van der Waals surface area contributed by atoms with Crippen LogP contribution in [0.1, 0.15) is 6.42 Å². The van der Waals surface area contributed by atoms with Crippen LogP contribution in [0.4, 0.5) is 15.8 Å². The Balaban J connectivity index is 1.60. The average molecular weight is 533 g/mol. The van der Waals surface area contributed by atoms with Gasteiger partial charge in [-0.25, -0.2) is 9.38 Å². The van der Waals surface area contributed by atoms with Gasteiger partial charge in [0.2, 0.25) is 5.91 Å². The molecule has 6 nitrogen and oxygen atoms in total. The first-order valence-electron chi connectivity index (χ1n) is 10.9. The van der Waals surface area contributed by atoms with Crippen LogP contribution in [0, 0.1) is 5.82 Å². The Hall–Kier alpha value is -2.49. The van der Waals surface area contributed by atoms with Crippen molar-refractivity contribution in [2.45, 2.75) is 13.0 Å². The van der Waals surface area contributed by atoms with Crippen molar-refractivity contribution >= 4 is 44.5 Å². The van der Waals surface area contributed by atoms with E-state index in [1.807, 2.05) is 0 Å². The third-order valence-electron chi connectivity index (χ3n) is 5.39. The minimum Gasteiger partial charge on any atom is -0.378 e. The van der Waals surface area contributed by atoms with E-state index in [2.05, 4.69) is 60.4 Å². The molecule has 0 radical (unpaired) electrons. The molecular weight excluding hydrogens is 507 g/mol. The maximum absolute atomic E-state index is 13.3. The van der Waals surface area contributed by atoms with Crippen LogP contribution in [0.25, 0.3) is 11.3 Å². The molecule has 1 aromatic heterocycles. The summed E-state index contributed by atoms with van der Waals surface area (Å²) in [6, 6.07) is 14.7. The van der Waals surface area contributed by atoms with E-state index in [1.54, 1.807) is 23.5 Å². The summed E-state index contributed by atoms with van der Waals surface area (Å²) in [5.41, 5.74) is 4.07. The molecule has 0 aliphatic carbocycles. The number of thiazole rings is 1. The van der Waals surface area contributed by atoms with Gasteiger partial charge in [0.15, 0.2) is 4.80 Å². The lowest BCUT2D eigenvalue weighted by Gasteiger charge is -2.28. The lowest BCUT2D eigenvalue weighted by molar-refractivity contribution is -0.118. The number of nitrogens with zero attached hydrogens (tertiary/aromatic N) is 3. The minimum atomic E-state index is -0.281. The molecule has 0 saturated carbocycles. The monoisotopic (exact) mass is 532 g/mol. The Kier molecular flexibility index (Phi) is 8.30. The van der Waals surface area contributed by atoms with Crippen molar-refractivity contribution in [3.05, 3.63) is 64.5 Å². The third kappa shape index (κ3) is 6.31. The Morgan fingerprint density at radius 1 is 1.12 bits per heavy atom. The maximum atomic E-state index is 13.3. The summed E-state index contributed by atoms with van der Waals surface area (Å²) < 4.78 is 20.9. The van der Waals surface area contributed by atoms with Gasteiger partial charge in [-0.1, -0.05) is 28.1 Å². The van der Waals surface area contributed by atoms with Crippen LogP contribution in [-0.4, -0.2) is 48.7 Å². The molecule has 0 atom stereocenters. The van der Waals surface area contributed by atoms with E-state index < -0.39 is 0 Å². The zero-order chi connectivity index (χ0) is 23.0. The van der Waals surface area contributed by atoms with Crippen molar-refractivity contribution in [2.24, 2.45) is 4.99 Å². The van der Waals surface area contributed by atoms with Crippen LogP contribution >= 0.6 is 27.3 Å². The summed E-state index contributed by atoms with van der Waals surface area (Å²) in [5, 5.41) is 5.29. The van der Waals surface area contributed by atoms with Gasteiger partial charge in [-0.15, -0.1) is 11.3 Å². The molecule has 1 aliphatic heterocycles. The van der Waals surface area contributed by atoms with Crippen LogP contribution in [0.15, 0.2) is 58.9 Å². The molecule has 4 rings (SSSR count).